The zero-order valence-corrected chi connectivity index (χ0v) is 24.2. The predicted molar refractivity (Wildman–Crippen MR) is 169 cm³/mol. The van der Waals surface area contributed by atoms with Gasteiger partial charge in [0.25, 0.3) is 0 Å². The molecule has 2 aliphatic heterocycles. The van der Waals surface area contributed by atoms with Crippen molar-refractivity contribution in [1.29, 1.82) is 0 Å². The second-order valence-electron chi connectivity index (χ2n) is 12.9. The smallest absolute Gasteiger partial charge is 0.0907 e. The second-order valence-corrected chi connectivity index (χ2v) is 12.9. The van der Waals surface area contributed by atoms with E-state index in [4.69, 9.17) is 0 Å². The van der Waals surface area contributed by atoms with Gasteiger partial charge >= 0.3 is 0 Å². The Bertz CT molecular complexity index is 1180. The lowest BCUT2D eigenvalue weighted by Gasteiger charge is -2.29. The number of rotatable bonds is 8. The number of hydrogen-bond acceptors (Lipinski definition) is 4. The minimum atomic E-state index is 0.848. The SMILES string of the molecule is c1ccc(CN2CN(CC3CCCCC3)c3ccccc32)c(CN2CN(CC3CCCCC3)c3ccccc32)c1. The minimum absolute atomic E-state index is 0.848. The van der Waals surface area contributed by atoms with Gasteiger partial charge < -0.3 is 19.6 Å². The first kappa shape index (κ1) is 25.8. The average Bonchev–Trinajstić information content (AvgIpc) is 3.53. The molecule has 2 heterocycles. The molecule has 0 spiro atoms. The van der Waals surface area contributed by atoms with Crippen LogP contribution in [0.1, 0.15) is 75.3 Å². The summed E-state index contributed by atoms with van der Waals surface area (Å²) in [5.74, 6) is 1.70. The van der Waals surface area contributed by atoms with Crippen LogP contribution in [0.25, 0.3) is 0 Å². The van der Waals surface area contributed by atoms with Crippen LogP contribution >= 0.6 is 0 Å². The summed E-state index contributed by atoms with van der Waals surface area (Å²) in [7, 11) is 0. The molecule has 0 atom stereocenters. The van der Waals surface area contributed by atoms with Gasteiger partial charge in [-0.1, -0.05) is 87.1 Å². The fourth-order valence-corrected chi connectivity index (χ4v) is 7.94. The molecule has 210 valence electrons. The number of para-hydroxylation sites is 4. The Morgan fingerprint density at radius 1 is 0.425 bits per heavy atom. The van der Waals surface area contributed by atoms with Gasteiger partial charge in [0.2, 0.25) is 0 Å². The molecule has 0 aromatic heterocycles. The van der Waals surface area contributed by atoms with Gasteiger partial charge in [-0.3, -0.25) is 0 Å². The maximum absolute atomic E-state index is 2.66. The highest BCUT2D eigenvalue weighted by atomic mass is 15.4. The lowest BCUT2D eigenvalue weighted by atomic mass is 9.89. The van der Waals surface area contributed by atoms with E-state index in [1.54, 1.807) is 0 Å². The van der Waals surface area contributed by atoms with Crippen LogP contribution in [0.5, 0.6) is 0 Å². The Balaban J connectivity index is 1.08. The molecule has 4 nitrogen and oxygen atoms in total. The van der Waals surface area contributed by atoms with Crippen LogP contribution in [0.15, 0.2) is 72.8 Å². The summed E-state index contributed by atoms with van der Waals surface area (Å²) >= 11 is 0. The molecule has 3 aromatic rings. The lowest BCUT2D eigenvalue weighted by Crippen LogP contribution is -2.35. The van der Waals surface area contributed by atoms with Gasteiger partial charge in [-0.15, -0.1) is 0 Å². The third-order valence-electron chi connectivity index (χ3n) is 10.1. The molecular formula is C36H46N4. The van der Waals surface area contributed by atoms with Crippen molar-refractivity contribution in [1.82, 2.24) is 0 Å². The summed E-state index contributed by atoms with van der Waals surface area (Å²) in [4.78, 5) is 10.6. The van der Waals surface area contributed by atoms with Crippen molar-refractivity contribution in [2.75, 3.05) is 46.0 Å². The first-order valence-corrected chi connectivity index (χ1v) is 16.1. The van der Waals surface area contributed by atoms with Crippen LogP contribution < -0.4 is 19.6 Å². The summed E-state index contributed by atoms with van der Waals surface area (Å²) in [6, 6.07) is 27.4. The van der Waals surface area contributed by atoms with Gasteiger partial charge in [0.1, 0.15) is 0 Å². The maximum atomic E-state index is 2.66. The van der Waals surface area contributed by atoms with E-state index in [1.807, 2.05) is 0 Å². The van der Waals surface area contributed by atoms with E-state index in [2.05, 4.69) is 92.4 Å². The molecule has 7 rings (SSSR count). The van der Waals surface area contributed by atoms with Crippen molar-refractivity contribution >= 4 is 22.7 Å². The summed E-state index contributed by atoms with van der Waals surface area (Å²) < 4.78 is 0. The quantitative estimate of drug-likeness (QED) is 0.288. The number of fused-ring (bicyclic) bond motifs is 2. The summed E-state index contributed by atoms with van der Waals surface area (Å²) in [6.07, 6.45) is 14.1. The largest absolute Gasteiger partial charge is 0.352 e. The molecular weight excluding hydrogens is 488 g/mol. The van der Waals surface area contributed by atoms with Gasteiger partial charge in [-0.05, 0) is 72.9 Å². The molecule has 0 bridgehead atoms. The number of hydrogen-bond donors (Lipinski definition) is 0. The molecule has 0 N–H and O–H groups in total. The molecule has 0 unspecified atom stereocenters. The number of anilines is 4. The van der Waals surface area contributed by atoms with E-state index in [9.17, 15) is 0 Å². The van der Waals surface area contributed by atoms with E-state index in [-0.39, 0.29) is 0 Å². The Hall–Kier alpha value is -3.14. The van der Waals surface area contributed by atoms with Crippen molar-refractivity contribution < 1.29 is 0 Å². The van der Waals surface area contributed by atoms with Crippen LogP contribution in [-0.2, 0) is 13.1 Å². The van der Waals surface area contributed by atoms with Gasteiger partial charge in [-0.2, -0.15) is 0 Å². The predicted octanol–water partition coefficient (Wildman–Crippen LogP) is 8.42. The topological polar surface area (TPSA) is 13.0 Å². The molecule has 4 aliphatic rings. The Kier molecular flexibility index (Phi) is 7.59. The van der Waals surface area contributed by atoms with Crippen LogP contribution in [0.2, 0.25) is 0 Å². The van der Waals surface area contributed by atoms with E-state index < -0.39 is 0 Å². The third-order valence-corrected chi connectivity index (χ3v) is 10.1. The molecule has 0 amide bonds. The van der Waals surface area contributed by atoms with Gasteiger partial charge in [0.05, 0.1) is 36.1 Å². The van der Waals surface area contributed by atoms with Crippen LogP contribution in [-0.4, -0.2) is 26.4 Å². The fourth-order valence-electron chi connectivity index (χ4n) is 7.94. The van der Waals surface area contributed by atoms with Crippen LogP contribution in [0.4, 0.5) is 22.7 Å². The Morgan fingerprint density at radius 2 is 0.775 bits per heavy atom. The normalized spacial score (nSPS) is 19.8. The molecule has 2 saturated carbocycles. The van der Waals surface area contributed by atoms with E-state index in [0.717, 1.165) is 38.3 Å². The first-order valence-electron chi connectivity index (χ1n) is 16.1. The monoisotopic (exact) mass is 534 g/mol. The number of benzene rings is 3. The van der Waals surface area contributed by atoms with Gasteiger partial charge in [-0.25, -0.2) is 0 Å². The first-order chi connectivity index (χ1) is 19.8. The number of nitrogens with zero attached hydrogens (tertiary/aromatic N) is 4. The summed E-state index contributed by atoms with van der Waals surface area (Å²) in [5, 5.41) is 0. The lowest BCUT2D eigenvalue weighted by molar-refractivity contribution is 0.359. The zero-order chi connectivity index (χ0) is 26.7. The molecule has 0 radical (unpaired) electrons. The van der Waals surface area contributed by atoms with E-state index in [1.165, 1.54) is 111 Å². The standard InChI is InChI=1S/C36H46N4/c1-3-13-29(14-4-1)23-37-27-39(35-21-11-9-19-33(35)37)25-31-17-7-8-18-32(31)26-40-28-38(24-30-15-5-2-6-16-30)34-20-10-12-22-36(34)40/h7-12,17-22,29-30H,1-6,13-16,23-28H2. The van der Waals surface area contributed by atoms with Gasteiger partial charge in [0, 0.05) is 26.2 Å². The van der Waals surface area contributed by atoms with E-state index in [0.29, 0.717) is 0 Å². The zero-order valence-electron chi connectivity index (χ0n) is 24.2. The summed E-state index contributed by atoms with van der Waals surface area (Å²) in [5.41, 5.74) is 8.58. The Morgan fingerprint density at radius 3 is 1.18 bits per heavy atom. The summed E-state index contributed by atoms with van der Waals surface area (Å²) in [6.45, 7) is 6.36. The van der Waals surface area contributed by atoms with Crippen molar-refractivity contribution in [2.45, 2.75) is 77.3 Å². The average molecular weight is 535 g/mol. The van der Waals surface area contributed by atoms with Crippen molar-refractivity contribution in [3.8, 4) is 0 Å². The van der Waals surface area contributed by atoms with Crippen molar-refractivity contribution in [3.05, 3.63) is 83.9 Å². The van der Waals surface area contributed by atoms with Crippen molar-refractivity contribution in [2.24, 2.45) is 11.8 Å². The highest BCUT2D eigenvalue weighted by molar-refractivity contribution is 5.77. The fraction of sp³-hybridized carbons (Fsp3) is 0.500. The third kappa shape index (κ3) is 5.42. The molecule has 3 aromatic carbocycles. The van der Waals surface area contributed by atoms with Crippen molar-refractivity contribution in [3.63, 3.8) is 0 Å². The highest BCUT2D eigenvalue weighted by Crippen LogP contribution is 2.40. The maximum Gasteiger partial charge on any atom is 0.0907 e. The second kappa shape index (κ2) is 11.8. The van der Waals surface area contributed by atoms with Crippen LogP contribution in [0, 0.1) is 11.8 Å². The molecule has 4 heteroatoms. The Labute approximate surface area is 241 Å². The molecule has 2 fully saturated rings. The molecule has 40 heavy (non-hydrogen) atoms. The van der Waals surface area contributed by atoms with Gasteiger partial charge in [0.15, 0.2) is 0 Å². The minimum Gasteiger partial charge on any atom is -0.352 e. The van der Waals surface area contributed by atoms with Crippen LogP contribution in [0.3, 0.4) is 0 Å². The highest BCUT2D eigenvalue weighted by Gasteiger charge is 2.30. The van der Waals surface area contributed by atoms with E-state index >= 15 is 0 Å². The molecule has 2 aliphatic carbocycles. The molecule has 0 saturated heterocycles.